The van der Waals surface area contributed by atoms with Crippen molar-refractivity contribution in [2.24, 2.45) is 17.6 Å². The lowest BCUT2D eigenvalue weighted by Gasteiger charge is -2.24. The number of carbonyl (C=O) groups excluding carboxylic acids is 1. The smallest absolute Gasteiger partial charge is 0.226 e. The molecule has 2 atom stereocenters. The van der Waals surface area contributed by atoms with Crippen LogP contribution >= 0.6 is 11.6 Å². The van der Waals surface area contributed by atoms with Crippen LogP contribution in [0.2, 0.25) is 5.02 Å². The van der Waals surface area contributed by atoms with E-state index in [9.17, 15) is 4.79 Å². The summed E-state index contributed by atoms with van der Waals surface area (Å²) in [4.78, 5) is 14.2. The molecule has 1 aliphatic carbocycles. The summed E-state index contributed by atoms with van der Waals surface area (Å²) in [7, 11) is 1.86. The number of hydrogen-bond acceptors (Lipinski definition) is 2. The minimum Gasteiger partial charge on any atom is -0.341 e. The molecule has 0 spiro atoms. The zero-order chi connectivity index (χ0) is 13.8. The van der Waals surface area contributed by atoms with Crippen molar-refractivity contribution in [1.29, 1.82) is 0 Å². The largest absolute Gasteiger partial charge is 0.341 e. The number of halogens is 1. The fourth-order valence-corrected chi connectivity index (χ4v) is 2.99. The van der Waals surface area contributed by atoms with Gasteiger partial charge in [0, 0.05) is 24.5 Å². The molecule has 1 aromatic rings. The van der Waals surface area contributed by atoms with Gasteiger partial charge in [-0.2, -0.15) is 0 Å². The first-order valence-electron chi connectivity index (χ1n) is 6.81. The molecule has 0 radical (unpaired) electrons. The molecular weight excluding hydrogens is 260 g/mol. The highest BCUT2D eigenvalue weighted by atomic mass is 35.5. The summed E-state index contributed by atoms with van der Waals surface area (Å²) in [5, 5.41) is 0.719. The lowest BCUT2D eigenvalue weighted by atomic mass is 9.95. The molecule has 1 aromatic carbocycles. The molecule has 104 valence electrons. The third kappa shape index (κ3) is 3.48. The molecule has 1 fully saturated rings. The summed E-state index contributed by atoms with van der Waals surface area (Å²) in [6.45, 7) is 1.25. The maximum atomic E-state index is 12.4. The second-order valence-corrected chi connectivity index (χ2v) is 5.79. The third-order valence-electron chi connectivity index (χ3n) is 3.99. The van der Waals surface area contributed by atoms with Gasteiger partial charge < -0.3 is 10.6 Å². The Hall–Kier alpha value is -1.06. The van der Waals surface area contributed by atoms with E-state index in [1.807, 2.05) is 36.2 Å². The zero-order valence-electron chi connectivity index (χ0n) is 11.3. The number of rotatable bonds is 4. The molecule has 1 aliphatic rings. The number of nitrogens with two attached hydrogens (primary N) is 1. The van der Waals surface area contributed by atoms with Gasteiger partial charge in [-0.3, -0.25) is 4.79 Å². The summed E-state index contributed by atoms with van der Waals surface area (Å²) in [6.07, 6.45) is 3.18. The second kappa shape index (κ2) is 6.40. The molecule has 2 N–H and O–H groups in total. The molecule has 0 aliphatic heterocycles. The van der Waals surface area contributed by atoms with Gasteiger partial charge in [-0.05, 0) is 43.0 Å². The monoisotopic (exact) mass is 280 g/mol. The van der Waals surface area contributed by atoms with Crippen molar-refractivity contribution < 1.29 is 4.79 Å². The second-order valence-electron chi connectivity index (χ2n) is 5.35. The fourth-order valence-electron chi connectivity index (χ4n) is 2.87. The van der Waals surface area contributed by atoms with Gasteiger partial charge in [0.05, 0.1) is 0 Å². The Labute approximate surface area is 119 Å². The van der Waals surface area contributed by atoms with Crippen LogP contribution in [0.25, 0.3) is 0 Å². The Morgan fingerprint density at radius 1 is 1.37 bits per heavy atom. The summed E-state index contributed by atoms with van der Waals surface area (Å²) in [5.41, 5.74) is 6.85. The van der Waals surface area contributed by atoms with Crippen LogP contribution in [0.4, 0.5) is 0 Å². The molecule has 1 saturated carbocycles. The van der Waals surface area contributed by atoms with Crippen molar-refractivity contribution in [2.45, 2.75) is 25.8 Å². The molecule has 19 heavy (non-hydrogen) atoms. The number of amides is 1. The van der Waals surface area contributed by atoms with Gasteiger partial charge in [-0.15, -0.1) is 0 Å². The van der Waals surface area contributed by atoms with Gasteiger partial charge in [0.2, 0.25) is 5.91 Å². The van der Waals surface area contributed by atoms with E-state index in [0.717, 1.165) is 29.8 Å². The molecular formula is C15H21ClN2O. The van der Waals surface area contributed by atoms with Crippen LogP contribution in [-0.2, 0) is 11.3 Å². The molecule has 0 saturated heterocycles. The van der Waals surface area contributed by atoms with Gasteiger partial charge in [0.15, 0.2) is 0 Å². The van der Waals surface area contributed by atoms with Crippen LogP contribution in [-0.4, -0.2) is 24.4 Å². The van der Waals surface area contributed by atoms with E-state index in [0.29, 0.717) is 19.0 Å². The van der Waals surface area contributed by atoms with Crippen molar-refractivity contribution >= 4 is 17.5 Å². The van der Waals surface area contributed by atoms with E-state index in [-0.39, 0.29) is 11.8 Å². The average Bonchev–Trinajstić information content (AvgIpc) is 2.88. The normalized spacial score (nSPS) is 22.5. The Bertz CT molecular complexity index is 432. The van der Waals surface area contributed by atoms with E-state index in [1.54, 1.807) is 0 Å². The Balaban J connectivity index is 1.97. The summed E-state index contributed by atoms with van der Waals surface area (Å²) >= 11 is 5.86. The van der Waals surface area contributed by atoms with Crippen molar-refractivity contribution in [3.05, 3.63) is 34.9 Å². The van der Waals surface area contributed by atoms with Crippen molar-refractivity contribution in [3.8, 4) is 0 Å². The van der Waals surface area contributed by atoms with E-state index in [2.05, 4.69) is 0 Å². The van der Waals surface area contributed by atoms with Crippen LogP contribution in [0.5, 0.6) is 0 Å². The van der Waals surface area contributed by atoms with Crippen LogP contribution < -0.4 is 5.73 Å². The van der Waals surface area contributed by atoms with E-state index in [1.165, 1.54) is 0 Å². The lowest BCUT2D eigenvalue weighted by Crippen LogP contribution is -2.36. The van der Waals surface area contributed by atoms with Gasteiger partial charge in [-0.1, -0.05) is 30.2 Å². The lowest BCUT2D eigenvalue weighted by molar-refractivity contribution is -0.135. The number of carbonyl (C=O) groups is 1. The Morgan fingerprint density at radius 3 is 2.68 bits per heavy atom. The van der Waals surface area contributed by atoms with Gasteiger partial charge in [0.1, 0.15) is 0 Å². The third-order valence-corrected chi connectivity index (χ3v) is 4.24. The predicted molar refractivity (Wildman–Crippen MR) is 77.8 cm³/mol. The van der Waals surface area contributed by atoms with E-state index >= 15 is 0 Å². The first-order chi connectivity index (χ1) is 9.11. The summed E-state index contributed by atoms with van der Waals surface area (Å²) < 4.78 is 0. The molecule has 3 nitrogen and oxygen atoms in total. The molecule has 0 aromatic heterocycles. The Kier molecular flexibility index (Phi) is 4.83. The molecule has 1 amide bonds. The molecule has 4 heteroatoms. The SMILES string of the molecule is CN(Cc1ccc(Cl)cc1)C(=O)C1CCCC1CN. The summed E-state index contributed by atoms with van der Waals surface area (Å²) in [6, 6.07) is 7.63. The minimum atomic E-state index is 0.113. The molecule has 2 rings (SSSR count). The van der Waals surface area contributed by atoms with Gasteiger partial charge >= 0.3 is 0 Å². The molecule has 0 bridgehead atoms. The number of benzene rings is 1. The number of hydrogen-bond donors (Lipinski definition) is 1. The van der Waals surface area contributed by atoms with Crippen LogP contribution in [0.1, 0.15) is 24.8 Å². The van der Waals surface area contributed by atoms with E-state index in [4.69, 9.17) is 17.3 Å². The highest BCUT2D eigenvalue weighted by Crippen LogP contribution is 2.32. The first-order valence-corrected chi connectivity index (χ1v) is 7.19. The highest BCUT2D eigenvalue weighted by molar-refractivity contribution is 6.30. The predicted octanol–water partition coefficient (Wildman–Crippen LogP) is 2.67. The van der Waals surface area contributed by atoms with Crippen LogP contribution in [0.15, 0.2) is 24.3 Å². The average molecular weight is 281 g/mol. The van der Waals surface area contributed by atoms with E-state index < -0.39 is 0 Å². The highest BCUT2D eigenvalue weighted by Gasteiger charge is 2.33. The fraction of sp³-hybridized carbons (Fsp3) is 0.533. The standard InChI is InChI=1S/C15H21ClN2O/c1-18(10-11-5-7-13(16)8-6-11)15(19)14-4-2-3-12(14)9-17/h5-8,12,14H,2-4,9-10,17H2,1H3. The zero-order valence-corrected chi connectivity index (χ0v) is 12.1. The number of nitrogens with zero attached hydrogens (tertiary/aromatic N) is 1. The van der Waals surface area contributed by atoms with Crippen molar-refractivity contribution in [3.63, 3.8) is 0 Å². The quantitative estimate of drug-likeness (QED) is 0.922. The van der Waals surface area contributed by atoms with Crippen LogP contribution in [0, 0.1) is 11.8 Å². The van der Waals surface area contributed by atoms with Crippen molar-refractivity contribution in [2.75, 3.05) is 13.6 Å². The first kappa shape index (κ1) is 14.4. The maximum absolute atomic E-state index is 12.4. The van der Waals surface area contributed by atoms with Gasteiger partial charge in [-0.25, -0.2) is 0 Å². The maximum Gasteiger partial charge on any atom is 0.226 e. The van der Waals surface area contributed by atoms with Crippen molar-refractivity contribution in [1.82, 2.24) is 4.90 Å². The summed E-state index contributed by atoms with van der Waals surface area (Å²) in [5.74, 6) is 0.699. The molecule has 2 unspecified atom stereocenters. The topological polar surface area (TPSA) is 46.3 Å². The van der Waals surface area contributed by atoms with Crippen LogP contribution in [0.3, 0.4) is 0 Å². The minimum absolute atomic E-state index is 0.113. The Morgan fingerprint density at radius 2 is 2.05 bits per heavy atom. The molecule has 0 heterocycles. The van der Waals surface area contributed by atoms with Gasteiger partial charge in [0.25, 0.3) is 0 Å².